The van der Waals surface area contributed by atoms with Crippen LogP contribution in [-0.4, -0.2) is 50.1 Å². The van der Waals surface area contributed by atoms with E-state index in [1.807, 2.05) is 0 Å². The summed E-state index contributed by atoms with van der Waals surface area (Å²) >= 11 is 0. The molecule has 0 bridgehead atoms. The molecule has 19 heavy (non-hydrogen) atoms. The number of hydrogen-bond acceptors (Lipinski definition) is 2. The number of hydrogen-bond donors (Lipinski definition) is 2. The third kappa shape index (κ3) is 7.41. The Morgan fingerprint density at radius 1 is 1.16 bits per heavy atom. The zero-order chi connectivity index (χ0) is 14.1. The summed E-state index contributed by atoms with van der Waals surface area (Å²) in [6.07, 6.45) is 2.75. The second-order valence-electron chi connectivity index (χ2n) is 6.11. The molecule has 0 aliphatic carbocycles. The molecule has 1 aliphatic rings. The molecule has 2 N–H and O–H groups in total. The van der Waals surface area contributed by atoms with Gasteiger partial charge in [-0.1, -0.05) is 20.8 Å². The van der Waals surface area contributed by atoms with Gasteiger partial charge in [0.1, 0.15) is 0 Å². The van der Waals surface area contributed by atoms with E-state index in [1.54, 1.807) is 0 Å². The minimum Gasteiger partial charge on any atom is -0.357 e. The molecule has 1 saturated heterocycles. The summed E-state index contributed by atoms with van der Waals surface area (Å²) in [5, 5.41) is 6.77. The molecule has 4 heteroatoms. The fraction of sp³-hybridized carbons (Fsp3) is 0.933. The Balaban J connectivity index is 2.27. The van der Waals surface area contributed by atoms with Crippen molar-refractivity contribution in [2.45, 2.75) is 40.5 Å². The zero-order valence-corrected chi connectivity index (χ0v) is 13.2. The Morgan fingerprint density at radius 2 is 1.84 bits per heavy atom. The summed E-state index contributed by atoms with van der Waals surface area (Å²) in [6, 6.07) is 0. The number of rotatable bonds is 7. The lowest BCUT2D eigenvalue weighted by Crippen LogP contribution is -2.41. The van der Waals surface area contributed by atoms with Gasteiger partial charge < -0.3 is 15.5 Å². The normalized spacial score (nSPS) is 18.9. The maximum atomic E-state index is 4.60. The molecule has 1 atom stereocenters. The molecule has 0 radical (unpaired) electrons. The van der Waals surface area contributed by atoms with Crippen LogP contribution in [0.25, 0.3) is 0 Å². The standard InChI is InChI=1S/C15H32N4/c1-5-16-15(17-10-13(2)3)18-11-14(4)12-19-8-6-7-9-19/h13-14H,5-12H2,1-4H3,(H2,16,17,18). The van der Waals surface area contributed by atoms with Crippen LogP contribution in [0, 0.1) is 11.8 Å². The molecule has 1 aliphatic heterocycles. The van der Waals surface area contributed by atoms with E-state index in [1.165, 1.54) is 32.5 Å². The van der Waals surface area contributed by atoms with Crippen molar-refractivity contribution in [3.8, 4) is 0 Å². The summed E-state index contributed by atoms with van der Waals surface area (Å²) in [4.78, 5) is 7.17. The smallest absolute Gasteiger partial charge is 0.191 e. The highest BCUT2D eigenvalue weighted by Gasteiger charge is 2.14. The van der Waals surface area contributed by atoms with Crippen molar-refractivity contribution in [1.82, 2.24) is 15.5 Å². The predicted octanol–water partition coefficient (Wildman–Crippen LogP) is 1.93. The Kier molecular flexibility index (Phi) is 7.87. The molecular formula is C15H32N4. The maximum Gasteiger partial charge on any atom is 0.191 e. The fourth-order valence-corrected chi connectivity index (χ4v) is 2.36. The maximum absolute atomic E-state index is 4.60. The van der Waals surface area contributed by atoms with Crippen molar-refractivity contribution >= 4 is 5.96 Å². The molecule has 0 saturated carbocycles. The molecule has 0 aromatic carbocycles. The van der Waals surface area contributed by atoms with E-state index in [4.69, 9.17) is 0 Å². The van der Waals surface area contributed by atoms with E-state index in [9.17, 15) is 0 Å². The van der Waals surface area contributed by atoms with Crippen molar-refractivity contribution in [2.24, 2.45) is 16.8 Å². The average Bonchev–Trinajstić information content (AvgIpc) is 2.85. The van der Waals surface area contributed by atoms with Crippen LogP contribution >= 0.6 is 0 Å². The summed E-state index contributed by atoms with van der Waals surface area (Å²) in [7, 11) is 0. The minimum atomic E-state index is 0.609. The largest absolute Gasteiger partial charge is 0.357 e. The lowest BCUT2D eigenvalue weighted by atomic mass is 10.1. The number of nitrogens with zero attached hydrogens (tertiary/aromatic N) is 2. The lowest BCUT2D eigenvalue weighted by molar-refractivity contribution is 0.287. The quantitative estimate of drug-likeness (QED) is 0.547. The molecule has 4 nitrogen and oxygen atoms in total. The molecule has 1 rings (SSSR count). The van der Waals surface area contributed by atoms with Crippen LogP contribution in [0.4, 0.5) is 0 Å². The molecule has 1 unspecified atom stereocenters. The number of nitrogens with one attached hydrogen (secondary N) is 2. The molecule has 1 heterocycles. The predicted molar refractivity (Wildman–Crippen MR) is 83.7 cm³/mol. The second-order valence-corrected chi connectivity index (χ2v) is 6.11. The van der Waals surface area contributed by atoms with E-state index in [0.29, 0.717) is 11.8 Å². The molecule has 1 fully saturated rings. The highest BCUT2D eigenvalue weighted by molar-refractivity contribution is 5.79. The number of aliphatic imine (C=N–C) groups is 1. The molecule has 112 valence electrons. The van der Waals surface area contributed by atoms with Crippen molar-refractivity contribution in [3.63, 3.8) is 0 Å². The van der Waals surface area contributed by atoms with Gasteiger partial charge in [0.15, 0.2) is 5.96 Å². The van der Waals surface area contributed by atoms with Gasteiger partial charge in [0.05, 0.1) is 0 Å². The van der Waals surface area contributed by atoms with Gasteiger partial charge in [-0.3, -0.25) is 4.99 Å². The Labute approximate surface area is 119 Å². The molecule has 0 amide bonds. The molecule has 0 spiro atoms. The zero-order valence-electron chi connectivity index (χ0n) is 13.2. The van der Waals surface area contributed by atoms with Crippen LogP contribution in [0.5, 0.6) is 0 Å². The van der Waals surface area contributed by atoms with Crippen molar-refractivity contribution in [2.75, 3.05) is 39.3 Å². The summed E-state index contributed by atoms with van der Waals surface area (Å²) < 4.78 is 0. The summed E-state index contributed by atoms with van der Waals surface area (Å²) in [6.45, 7) is 15.4. The van der Waals surface area contributed by atoms with Crippen LogP contribution in [0.2, 0.25) is 0 Å². The van der Waals surface area contributed by atoms with Gasteiger partial charge in [0.25, 0.3) is 0 Å². The van der Waals surface area contributed by atoms with Gasteiger partial charge in [-0.2, -0.15) is 0 Å². The Morgan fingerprint density at radius 3 is 2.42 bits per heavy atom. The van der Waals surface area contributed by atoms with Crippen LogP contribution < -0.4 is 10.6 Å². The van der Waals surface area contributed by atoms with Crippen LogP contribution in [0.1, 0.15) is 40.5 Å². The van der Waals surface area contributed by atoms with Gasteiger partial charge in [-0.25, -0.2) is 0 Å². The van der Waals surface area contributed by atoms with Gasteiger partial charge >= 0.3 is 0 Å². The molecule has 0 aromatic rings. The van der Waals surface area contributed by atoms with Gasteiger partial charge in [0.2, 0.25) is 0 Å². The van der Waals surface area contributed by atoms with Crippen molar-refractivity contribution < 1.29 is 0 Å². The topological polar surface area (TPSA) is 39.7 Å². The lowest BCUT2D eigenvalue weighted by Gasteiger charge is -2.21. The minimum absolute atomic E-state index is 0.609. The number of guanidine groups is 1. The first kappa shape index (κ1) is 16.3. The van der Waals surface area contributed by atoms with Gasteiger partial charge in [-0.05, 0) is 44.7 Å². The van der Waals surface area contributed by atoms with Crippen molar-refractivity contribution in [1.29, 1.82) is 0 Å². The van der Waals surface area contributed by atoms with Crippen molar-refractivity contribution in [3.05, 3.63) is 0 Å². The second kappa shape index (κ2) is 9.18. The highest BCUT2D eigenvalue weighted by atomic mass is 15.2. The van der Waals surface area contributed by atoms with E-state index < -0.39 is 0 Å². The van der Waals surface area contributed by atoms with E-state index in [0.717, 1.165) is 25.6 Å². The molecular weight excluding hydrogens is 236 g/mol. The Bertz CT molecular complexity index is 257. The van der Waals surface area contributed by atoms with Gasteiger partial charge in [0, 0.05) is 26.2 Å². The summed E-state index contributed by atoms with van der Waals surface area (Å²) in [5.74, 6) is 2.24. The van der Waals surface area contributed by atoms with E-state index in [2.05, 4.69) is 48.2 Å². The van der Waals surface area contributed by atoms with E-state index >= 15 is 0 Å². The Hall–Kier alpha value is -0.770. The van der Waals surface area contributed by atoms with Crippen LogP contribution in [0.3, 0.4) is 0 Å². The first-order valence-electron chi connectivity index (χ1n) is 7.86. The van der Waals surface area contributed by atoms with Crippen LogP contribution in [-0.2, 0) is 0 Å². The van der Waals surface area contributed by atoms with Gasteiger partial charge in [-0.15, -0.1) is 0 Å². The fourth-order valence-electron chi connectivity index (χ4n) is 2.36. The number of likely N-dealkylation sites (tertiary alicyclic amines) is 1. The first-order valence-corrected chi connectivity index (χ1v) is 7.86. The summed E-state index contributed by atoms with van der Waals surface area (Å²) in [5.41, 5.74) is 0. The molecule has 0 aromatic heterocycles. The highest BCUT2D eigenvalue weighted by Crippen LogP contribution is 2.09. The first-order chi connectivity index (χ1) is 9.11. The SMILES string of the molecule is CCNC(=NCC(C)C)NCC(C)CN1CCCC1. The van der Waals surface area contributed by atoms with Crippen LogP contribution in [0.15, 0.2) is 4.99 Å². The average molecular weight is 268 g/mol. The van der Waals surface area contributed by atoms with E-state index in [-0.39, 0.29) is 0 Å². The third-order valence-electron chi connectivity index (χ3n) is 3.35. The third-order valence-corrected chi connectivity index (χ3v) is 3.35. The monoisotopic (exact) mass is 268 g/mol.